The molecule has 68 heavy (non-hydrogen) atoms. The molecular formula is C65H70N2O. The first-order valence-corrected chi connectivity index (χ1v) is 24.3. The first kappa shape index (κ1) is 47.8. The summed E-state index contributed by atoms with van der Waals surface area (Å²) in [6.07, 6.45) is 2.05. The molecule has 0 aliphatic carbocycles. The van der Waals surface area contributed by atoms with Crippen molar-refractivity contribution in [2.24, 2.45) is 0 Å². The van der Waals surface area contributed by atoms with E-state index in [0.717, 1.165) is 83.8 Å². The summed E-state index contributed by atoms with van der Waals surface area (Å²) in [6.45, 7) is 29.8. The lowest BCUT2D eigenvalue weighted by Crippen LogP contribution is -2.22. The van der Waals surface area contributed by atoms with Crippen LogP contribution >= 0.6 is 0 Å². The van der Waals surface area contributed by atoms with Gasteiger partial charge in [0.05, 0.1) is 12.2 Å². The second kappa shape index (κ2) is 18.4. The number of aromatic nitrogens is 1. The van der Waals surface area contributed by atoms with Crippen molar-refractivity contribution in [3.05, 3.63) is 203 Å². The molecule has 0 amide bonds. The summed E-state index contributed by atoms with van der Waals surface area (Å²) in [5, 5.41) is 12.4. The van der Waals surface area contributed by atoms with Crippen LogP contribution < -0.4 is 4.90 Å². The van der Waals surface area contributed by atoms with E-state index in [1.807, 2.05) is 6.20 Å². The van der Waals surface area contributed by atoms with E-state index in [4.69, 9.17) is 4.98 Å². The molecule has 3 heteroatoms. The predicted molar refractivity (Wildman–Crippen MR) is 291 cm³/mol. The lowest BCUT2D eigenvalue weighted by Gasteiger charge is -2.33. The molecule has 0 fully saturated rings. The van der Waals surface area contributed by atoms with Gasteiger partial charge in [-0.3, -0.25) is 4.98 Å². The Morgan fingerprint density at radius 1 is 0.412 bits per heavy atom. The minimum absolute atomic E-state index is 0.0575. The molecule has 0 aliphatic heterocycles. The van der Waals surface area contributed by atoms with Gasteiger partial charge in [0.1, 0.15) is 5.75 Å². The van der Waals surface area contributed by atoms with Gasteiger partial charge in [-0.1, -0.05) is 204 Å². The maximum Gasteiger partial charge on any atom is 0.124 e. The Labute approximate surface area is 407 Å². The summed E-state index contributed by atoms with van der Waals surface area (Å²) in [5.74, 6) is 0.361. The Kier molecular flexibility index (Phi) is 12.9. The molecule has 1 N–H and O–H groups in total. The first-order valence-electron chi connectivity index (χ1n) is 24.3. The highest BCUT2D eigenvalue weighted by molar-refractivity contribution is 5.89. The van der Waals surface area contributed by atoms with E-state index in [2.05, 4.69) is 259 Å². The zero-order valence-corrected chi connectivity index (χ0v) is 42.7. The van der Waals surface area contributed by atoms with Crippen LogP contribution in [0.2, 0.25) is 0 Å². The molecule has 0 radical (unpaired) electrons. The fourth-order valence-electron chi connectivity index (χ4n) is 9.29. The molecule has 0 bridgehead atoms. The fraction of sp³-hybridized carbons (Fsp3) is 0.277. The number of hydrogen-bond donors (Lipinski definition) is 1. The average molecular weight is 895 g/mol. The van der Waals surface area contributed by atoms with Gasteiger partial charge in [-0.2, -0.15) is 0 Å². The van der Waals surface area contributed by atoms with Crippen molar-refractivity contribution in [1.29, 1.82) is 0 Å². The van der Waals surface area contributed by atoms with Crippen molar-refractivity contribution < 1.29 is 5.11 Å². The highest BCUT2D eigenvalue weighted by Crippen LogP contribution is 2.46. The molecule has 7 aromatic carbocycles. The van der Waals surface area contributed by atoms with Gasteiger partial charge in [-0.05, 0) is 132 Å². The van der Waals surface area contributed by atoms with Gasteiger partial charge >= 0.3 is 0 Å². The number of anilines is 2. The molecule has 8 aromatic rings. The Morgan fingerprint density at radius 2 is 0.941 bits per heavy atom. The summed E-state index contributed by atoms with van der Waals surface area (Å²) in [5.41, 5.74) is 19.5. The Hall–Kier alpha value is -6.71. The number of rotatable bonds is 9. The molecule has 8 rings (SSSR count). The fourth-order valence-corrected chi connectivity index (χ4v) is 9.29. The molecule has 3 nitrogen and oxygen atoms in total. The number of aromatic hydroxyl groups is 1. The average Bonchev–Trinajstić information content (AvgIpc) is 3.30. The minimum Gasteiger partial charge on any atom is -0.507 e. The normalized spacial score (nSPS) is 12.3. The highest BCUT2D eigenvalue weighted by Gasteiger charge is 2.29. The van der Waals surface area contributed by atoms with Crippen molar-refractivity contribution in [2.75, 3.05) is 4.90 Å². The van der Waals surface area contributed by atoms with Crippen LogP contribution in [0.15, 0.2) is 170 Å². The Morgan fingerprint density at radius 3 is 1.50 bits per heavy atom. The monoisotopic (exact) mass is 895 g/mol. The van der Waals surface area contributed by atoms with Crippen molar-refractivity contribution in [1.82, 2.24) is 4.98 Å². The standard InChI is InChI=1S/C65H70N2O/c1-43-53(47-34-48(36-51(35-47)63(5,6)7)58-40-54(44-24-17-14-18-25-44)56(41-66-58)46-28-21-16-22-29-46)30-23-31-59(43)67(42-49-37-52(64(8,9)10)39-57(61(49)68)65(11,12)13)60-33-32-50(62(2,3)4)38-55(60)45-26-19-15-20-27-45/h14-41,68H,42H2,1-13H3. The van der Waals surface area contributed by atoms with Gasteiger partial charge in [0.2, 0.25) is 0 Å². The van der Waals surface area contributed by atoms with Crippen LogP contribution in [0.5, 0.6) is 5.75 Å². The van der Waals surface area contributed by atoms with Gasteiger partial charge < -0.3 is 10.0 Å². The third-order valence-electron chi connectivity index (χ3n) is 13.5. The van der Waals surface area contributed by atoms with Crippen molar-refractivity contribution in [3.8, 4) is 61.5 Å². The third kappa shape index (κ3) is 10.1. The van der Waals surface area contributed by atoms with Crippen LogP contribution in [-0.4, -0.2) is 10.1 Å². The number of phenolic OH excluding ortho intramolecular Hbond substituents is 1. The van der Waals surface area contributed by atoms with Gasteiger partial charge in [-0.25, -0.2) is 0 Å². The summed E-state index contributed by atoms with van der Waals surface area (Å²) < 4.78 is 0. The second-order valence-corrected chi connectivity index (χ2v) is 22.8. The van der Waals surface area contributed by atoms with Crippen LogP contribution in [0.4, 0.5) is 11.4 Å². The van der Waals surface area contributed by atoms with Crippen LogP contribution in [-0.2, 0) is 28.2 Å². The molecule has 0 atom stereocenters. The number of phenols is 1. The smallest absolute Gasteiger partial charge is 0.124 e. The van der Waals surface area contributed by atoms with Gasteiger partial charge in [0.15, 0.2) is 0 Å². The summed E-state index contributed by atoms with van der Waals surface area (Å²) in [7, 11) is 0. The van der Waals surface area contributed by atoms with Crippen LogP contribution in [0.3, 0.4) is 0 Å². The zero-order chi connectivity index (χ0) is 48.8. The molecule has 0 aliphatic rings. The maximum absolute atomic E-state index is 12.4. The van der Waals surface area contributed by atoms with E-state index in [-0.39, 0.29) is 21.7 Å². The van der Waals surface area contributed by atoms with Crippen LogP contribution in [0.1, 0.15) is 116 Å². The third-order valence-corrected chi connectivity index (χ3v) is 13.5. The van der Waals surface area contributed by atoms with E-state index < -0.39 is 0 Å². The number of benzene rings is 7. The van der Waals surface area contributed by atoms with Crippen molar-refractivity contribution in [3.63, 3.8) is 0 Å². The van der Waals surface area contributed by atoms with E-state index in [0.29, 0.717) is 12.3 Å². The lowest BCUT2D eigenvalue weighted by atomic mass is 9.78. The highest BCUT2D eigenvalue weighted by atomic mass is 16.3. The topological polar surface area (TPSA) is 36.4 Å². The lowest BCUT2D eigenvalue weighted by molar-refractivity contribution is 0.438. The van der Waals surface area contributed by atoms with Crippen LogP contribution in [0, 0.1) is 6.92 Å². The molecule has 1 aromatic heterocycles. The van der Waals surface area contributed by atoms with E-state index in [1.54, 1.807) is 0 Å². The second-order valence-electron chi connectivity index (χ2n) is 22.8. The molecule has 346 valence electrons. The Bertz CT molecular complexity index is 3060. The molecule has 1 heterocycles. The maximum atomic E-state index is 12.4. The Balaban J connectivity index is 1.36. The number of nitrogens with zero attached hydrogens (tertiary/aromatic N) is 2. The summed E-state index contributed by atoms with van der Waals surface area (Å²) in [4.78, 5) is 7.66. The largest absolute Gasteiger partial charge is 0.507 e. The summed E-state index contributed by atoms with van der Waals surface area (Å²) >= 11 is 0. The first-order chi connectivity index (χ1) is 32.1. The number of hydrogen-bond acceptors (Lipinski definition) is 3. The minimum atomic E-state index is -0.265. The van der Waals surface area contributed by atoms with Crippen molar-refractivity contribution in [2.45, 2.75) is 118 Å². The molecule has 0 saturated carbocycles. The SMILES string of the molecule is Cc1c(-c2cc(-c3cc(-c4ccccc4)c(-c4ccccc4)cn3)cc(C(C)(C)C)c2)cccc1N(Cc1cc(C(C)(C)C)cc(C(C)(C)C)c1O)c1ccc(C(C)(C)C)cc1-c1ccccc1. The van der Waals surface area contributed by atoms with Crippen molar-refractivity contribution >= 4 is 11.4 Å². The van der Waals surface area contributed by atoms with Gasteiger partial charge in [0.25, 0.3) is 0 Å². The molecule has 0 saturated heterocycles. The van der Waals surface area contributed by atoms with E-state index >= 15 is 0 Å². The molecular weight excluding hydrogens is 825 g/mol. The van der Waals surface area contributed by atoms with Gasteiger partial charge in [-0.15, -0.1) is 0 Å². The molecule has 0 unspecified atom stereocenters. The van der Waals surface area contributed by atoms with E-state index in [9.17, 15) is 5.11 Å². The van der Waals surface area contributed by atoms with Gasteiger partial charge in [0, 0.05) is 39.8 Å². The molecule has 0 spiro atoms. The quantitative estimate of drug-likeness (QED) is 0.157. The number of pyridine rings is 1. The van der Waals surface area contributed by atoms with Crippen LogP contribution in [0.25, 0.3) is 55.8 Å². The summed E-state index contributed by atoms with van der Waals surface area (Å²) in [6, 6.07) is 59.4. The predicted octanol–water partition coefficient (Wildman–Crippen LogP) is 18.0. The van der Waals surface area contributed by atoms with E-state index in [1.165, 1.54) is 16.7 Å². The zero-order valence-electron chi connectivity index (χ0n) is 42.7.